The van der Waals surface area contributed by atoms with E-state index in [1.54, 1.807) is 43.3 Å². The van der Waals surface area contributed by atoms with Crippen LogP contribution in [0.5, 0.6) is 0 Å². The standard InChI is InChI=1S/C22H19ClFN3O3/c1-12-17(11-26-30-12)22(29)27(20(21(25)28)13-5-3-2-4-6-13)19-8-7-15-16(19)9-14(23)10-18(15)24/h2-6,9-11,19-20H,7-8H2,1H3,(H2,25,28)/t19-,20?/m1/s1. The van der Waals surface area contributed by atoms with Crippen LogP contribution in [-0.4, -0.2) is 21.9 Å². The molecule has 1 unspecified atom stereocenters. The van der Waals surface area contributed by atoms with Crippen molar-refractivity contribution in [2.45, 2.75) is 31.8 Å². The molecule has 2 atom stereocenters. The van der Waals surface area contributed by atoms with E-state index in [2.05, 4.69) is 5.16 Å². The minimum Gasteiger partial charge on any atom is -0.368 e. The molecular formula is C22H19ClFN3O3. The number of nitrogens with zero attached hydrogens (tertiary/aromatic N) is 2. The highest BCUT2D eigenvalue weighted by Gasteiger charge is 2.41. The molecule has 0 saturated heterocycles. The van der Waals surface area contributed by atoms with E-state index in [9.17, 15) is 14.0 Å². The van der Waals surface area contributed by atoms with Crippen LogP contribution in [0.2, 0.25) is 5.02 Å². The second kappa shape index (κ2) is 7.91. The van der Waals surface area contributed by atoms with E-state index in [1.807, 2.05) is 0 Å². The molecule has 1 aromatic heterocycles. The molecule has 8 heteroatoms. The fourth-order valence-corrected chi connectivity index (χ4v) is 4.30. The molecule has 1 heterocycles. The zero-order valence-corrected chi connectivity index (χ0v) is 16.9. The van der Waals surface area contributed by atoms with Crippen LogP contribution in [0, 0.1) is 12.7 Å². The molecule has 4 rings (SSSR count). The van der Waals surface area contributed by atoms with Gasteiger partial charge in [-0.1, -0.05) is 47.1 Å². The highest BCUT2D eigenvalue weighted by Crippen LogP contribution is 2.43. The Morgan fingerprint density at radius 3 is 2.67 bits per heavy atom. The molecule has 0 bridgehead atoms. The number of aromatic nitrogens is 1. The van der Waals surface area contributed by atoms with E-state index in [1.165, 1.54) is 17.2 Å². The van der Waals surface area contributed by atoms with E-state index < -0.39 is 29.7 Å². The summed E-state index contributed by atoms with van der Waals surface area (Å²) in [6, 6.07) is 10.0. The zero-order valence-electron chi connectivity index (χ0n) is 16.1. The summed E-state index contributed by atoms with van der Waals surface area (Å²) in [7, 11) is 0. The molecule has 2 amide bonds. The average Bonchev–Trinajstić information content (AvgIpc) is 3.32. The Kier molecular flexibility index (Phi) is 5.30. The van der Waals surface area contributed by atoms with Crippen molar-refractivity contribution in [1.29, 1.82) is 0 Å². The highest BCUT2D eigenvalue weighted by atomic mass is 35.5. The molecule has 0 saturated carbocycles. The summed E-state index contributed by atoms with van der Waals surface area (Å²) in [5, 5.41) is 3.91. The van der Waals surface area contributed by atoms with Gasteiger partial charge in [0.25, 0.3) is 5.91 Å². The summed E-state index contributed by atoms with van der Waals surface area (Å²) in [5.41, 5.74) is 7.61. The quantitative estimate of drug-likeness (QED) is 0.662. The summed E-state index contributed by atoms with van der Waals surface area (Å²) in [6.07, 6.45) is 2.15. The predicted molar refractivity (Wildman–Crippen MR) is 108 cm³/mol. The topological polar surface area (TPSA) is 89.4 Å². The van der Waals surface area contributed by atoms with Crippen LogP contribution in [0.25, 0.3) is 0 Å². The fourth-order valence-electron chi connectivity index (χ4n) is 4.09. The largest absolute Gasteiger partial charge is 0.368 e. The maximum atomic E-state index is 14.5. The van der Waals surface area contributed by atoms with Gasteiger partial charge in [-0.15, -0.1) is 0 Å². The Balaban J connectivity index is 1.89. The van der Waals surface area contributed by atoms with Gasteiger partial charge in [0.2, 0.25) is 5.91 Å². The molecule has 1 aliphatic rings. The van der Waals surface area contributed by atoms with Crippen molar-refractivity contribution in [3.05, 3.63) is 87.5 Å². The third-order valence-corrected chi connectivity index (χ3v) is 5.65. The van der Waals surface area contributed by atoms with E-state index in [-0.39, 0.29) is 10.6 Å². The number of fused-ring (bicyclic) bond motifs is 1. The van der Waals surface area contributed by atoms with Crippen LogP contribution in [0.3, 0.4) is 0 Å². The number of benzene rings is 2. The van der Waals surface area contributed by atoms with Gasteiger partial charge in [-0.3, -0.25) is 9.59 Å². The van der Waals surface area contributed by atoms with Gasteiger partial charge in [0, 0.05) is 5.02 Å². The lowest BCUT2D eigenvalue weighted by Crippen LogP contribution is -2.43. The molecule has 1 aliphatic carbocycles. The molecule has 2 N–H and O–H groups in total. The lowest BCUT2D eigenvalue weighted by Gasteiger charge is -2.35. The van der Waals surface area contributed by atoms with Gasteiger partial charge in [-0.25, -0.2) is 4.39 Å². The number of primary amides is 1. The zero-order chi connectivity index (χ0) is 21.4. The second-order valence-electron chi connectivity index (χ2n) is 7.23. The molecule has 6 nitrogen and oxygen atoms in total. The lowest BCUT2D eigenvalue weighted by molar-refractivity contribution is -0.123. The Morgan fingerprint density at radius 1 is 1.30 bits per heavy atom. The smallest absolute Gasteiger partial charge is 0.260 e. The number of rotatable bonds is 5. The third kappa shape index (κ3) is 3.45. The first-order valence-electron chi connectivity index (χ1n) is 9.44. The molecule has 0 aliphatic heterocycles. The minimum atomic E-state index is -1.06. The first kappa shape index (κ1) is 20.1. The van der Waals surface area contributed by atoms with Gasteiger partial charge >= 0.3 is 0 Å². The van der Waals surface area contributed by atoms with Gasteiger partial charge < -0.3 is 15.2 Å². The van der Waals surface area contributed by atoms with Crippen LogP contribution in [0.4, 0.5) is 4.39 Å². The number of halogens is 2. The summed E-state index contributed by atoms with van der Waals surface area (Å²) in [4.78, 5) is 27.6. The number of hydrogen-bond acceptors (Lipinski definition) is 4. The van der Waals surface area contributed by atoms with Gasteiger partial charge in [0.1, 0.15) is 23.2 Å². The van der Waals surface area contributed by atoms with Crippen LogP contribution in [-0.2, 0) is 11.2 Å². The van der Waals surface area contributed by atoms with Crippen LogP contribution >= 0.6 is 11.6 Å². The average molecular weight is 428 g/mol. The minimum absolute atomic E-state index is 0.216. The van der Waals surface area contributed by atoms with E-state index in [0.717, 1.165) is 0 Å². The summed E-state index contributed by atoms with van der Waals surface area (Å²) in [6.45, 7) is 1.61. The van der Waals surface area contributed by atoms with Crippen molar-refractivity contribution in [2.24, 2.45) is 5.73 Å². The molecular weight excluding hydrogens is 409 g/mol. The van der Waals surface area contributed by atoms with E-state index >= 15 is 0 Å². The van der Waals surface area contributed by atoms with Gasteiger partial charge in [0.15, 0.2) is 0 Å². The third-order valence-electron chi connectivity index (χ3n) is 5.44. The van der Waals surface area contributed by atoms with E-state index in [4.69, 9.17) is 21.9 Å². The number of aryl methyl sites for hydroxylation is 1. The monoisotopic (exact) mass is 427 g/mol. The molecule has 0 spiro atoms. The summed E-state index contributed by atoms with van der Waals surface area (Å²) >= 11 is 6.10. The van der Waals surface area contributed by atoms with Crippen molar-refractivity contribution in [1.82, 2.24) is 10.1 Å². The molecule has 30 heavy (non-hydrogen) atoms. The van der Waals surface area contributed by atoms with Crippen molar-refractivity contribution in [2.75, 3.05) is 0 Å². The number of hydrogen-bond donors (Lipinski definition) is 1. The second-order valence-corrected chi connectivity index (χ2v) is 7.67. The number of carbonyl (C=O) groups is 2. The Labute approximate surface area is 177 Å². The van der Waals surface area contributed by atoms with Gasteiger partial charge in [0.05, 0.1) is 12.2 Å². The van der Waals surface area contributed by atoms with Crippen LogP contribution in [0.15, 0.2) is 53.2 Å². The van der Waals surface area contributed by atoms with Crippen molar-refractivity contribution in [3.8, 4) is 0 Å². The lowest BCUT2D eigenvalue weighted by atomic mass is 9.98. The number of carbonyl (C=O) groups excluding carboxylic acids is 2. The molecule has 0 fully saturated rings. The molecule has 154 valence electrons. The fraction of sp³-hybridized carbons (Fsp3) is 0.227. The summed E-state index contributed by atoms with van der Waals surface area (Å²) < 4.78 is 19.6. The van der Waals surface area contributed by atoms with Gasteiger partial charge in [-0.2, -0.15) is 0 Å². The van der Waals surface area contributed by atoms with Crippen molar-refractivity contribution in [3.63, 3.8) is 0 Å². The molecule has 3 aromatic rings. The Hall–Kier alpha value is -3.19. The SMILES string of the molecule is Cc1oncc1C(=O)N(C(C(N)=O)c1ccccc1)[C@@H]1CCc2c(F)cc(Cl)cc21. The maximum absolute atomic E-state index is 14.5. The number of amides is 2. The first-order chi connectivity index (χ1) is 14.4. The maximum Gasteiger partial charge on any atom is 0.260 e. The first-order valence-corrected chi connectivity index (χ1v) is 9.82. The van der Waals surface area contributed by atoms with Crippen LogP contribution in [0.1, 0.15) is 51.3 Å². The molecule has 2 aromatic carbocycles. The van der Waals surface area contributed by atoms with Gasteiger partial charge in [-0.05, 0) is 48.6 Å². The molecule has 0 radical (unpaired) electrons. The Bertz CT molecular complexity index is 1120. The van der Waals surface area contributed by atoms with E-state index in [0.29, 0.717) is 35.3 Å². The van der Waals surface area contributed by atoms with Crippen molar-refractivity contribution < 1.29 is 18.5 Å². The summed E-state index contributed by atoms with van der Waals surface area (Å²) in [5.74, 6) is -1.28. The highest BCUT2D eigenvalue weighted by molar-refractivity contribution is 6.30. The predicted octanol–water partition coefficient (Wildman–Crippen LogP) is 4.13. The Morgan fingerprint density at radius 2 is 2.03 bits per heavy atom. The van der Waals surface area contributed by atoms with Crippen molar-refractivity contribution >= 4 is 23.4 Å². The van der Waals surface area contributed by atoms with Crippen LogP contribution < -0.4 is 5.73 Å². The number of nitrogens with two attached hydrogens (primary N) is 1. The normalized spacial score (nSPS) is 16.2.